The van der Waals surface area contributed by atoms with Crippen LogP contribution in [0.1, 0.15) is 43.5 Å². The second-order valence-corrected chi connectivity index (χ2v) is 5.71. The Kier molecular flexibility index (Phi) is 4.70. The maximum Gasteiger partial charge on any atom is 0.164 e. The molecule has 1 aliphatic rings. The number of rotatable bonds is 4. The molecule has 1 aliphatic heterocycles. The van der Waals surface area contributed by atoms with Gasteiger partial charge >= 0.3 is 0 Å². The van der Waals surface area contributed by atoms with E-state index in [1.807, 2.05) is 0 Å². The van der Waals surface area contributed by atoms with E-state index < -0.39 is 0 Å². The van der Waals surface area contributed by atoms with Crippen LogP contribution in [0, 0.1) is 11.7 Å². The van der Waals surface area contributed by atoms with E-state index in [1.54, 1.807) is 12.1 Å². The van der Waals surface area contributed by atoms with E-state index in [1.165, 1.54) is 25.0 Å². The number of hydrogen-bond donors (Lipinski definition) is 0. The number of piperidine rings is 1. The van der Waals surface area contributed by atoms with Crippen molar-refractivity contribution in [2.24, 2.45) is 5.92 Å². The molecule has 0 bridgehead atoms. The van der Waals surface area contributed by atoms with Gasteiger partial charge in [-0.2, -0.15) is 0 Å². The summed E-state index contributed by atoms with van der Waals surface area (Å²) in [5.41, 5.74) is 0.484. The summed E-state index contributed by atoms with van der Waals surface area (Å²) < 4.78 is 13.1. The third-order valence-corrected chi connectivity index (χ3v) is 4.02. The van der Waals surface area contributed by atoms with Crippen molar-refractivity contribution < 1.29 is 9.18 Å². The van der Waals surface area contributed by atoms with Crippen LogP contribution in [0.4, 0.5) is 4.39 Å². The summed E-state index contributed by atoms with van der Waals surface area (Å²) in [6.45, 7) is 6.32. The van der Waals surface area contributed by atoms with Gasteiger partial charge in [-0.15, -0.1) is 0 Å². The van der Waals surface area contributed by atoms with Gasteiger partial charge < -0.3 is 0 Å². The number of carbonyl (C=O) groups excluding carboxylic acids is 1. The lowest BCUT2D eigenvalue weighted by Gasteiger charge is -2.36. The number of benzene rings is 1. The molecule has 0 aromatic heterocycles. The van der Waals surface area contributed by atoms with Gasteiger partial charge in [0.25, 0.3) is 0 Å². The molecule has 0 spiro atoms. The number of halogens is 1. The van der Waals surface area contributed by atoms with Crippen molar-refractivity contribution in [1.29, 1.82) is 0 Å². The van der Waals surface area contributed by atoms with Gasteiger partial charge in [0.2, 0.25) is 0 Å². The van der Waals surface area contributed by atoms with Gasteiger partial charge in [-0.25, -0.2) is 4.39 Å². The number of carbonyl (C=O) groups is 1. The van der Waals surface area contributed by atoms with Gasteiger partial charge in [0.15, 0.2) is 5.78 Å². The highest BCUT2D eigenvalue weighted by Crippen LogP contribution is 2.21. The van der Waals surface area contributed by atoms with Gasteiger partial charge in [-0.05, 0) is 37.8 Å². The molecule has 2 atom stereocenters. The lowest BCUT2D eigenvalue weighted by atomic mass is 9.94. The van der Waals surface area contributed by atoms with E-state index in [4.69, 9.17) is 0 Å². The van der Waals surface area contributed by atoms with Crippen LogP contribution in [0.3, 0.4) is 0 Å². The highest BCUT2D eigenvalue weighted by molar-refractivity contribution is 5.96. The average Bonchev–Trinajstić information content (AvgIpc) is 2.39. The molecular formula is C16H22FNO. The zero-order chi connectivity index (χ0) is 13.8. The Hall–Kier alpha value is -1.22. The van der Waals surface area contributed by atoms with Crippen LogP contribution in [-0.2, 0) is 0 Å². The molecule has 0 N–H and O–H groups in total. The van der Waals surface area contributed by atoms with E-state index in [2.05, 4.69) is 18.7 Å². The maximum atomic E-state index is 13.1. The Balaban J connectivity index is 1.89. The molecule has 19 heavy (non-hydrogen) atoms. The van der Waals surface area contributed by atoms with Crippen LogP contribution in [0.5, 0.6) is 0 Å². The SMILES string of the molecule is CC1CCC(C)N(CCC(=O)c2cccc(F)c2)C1. The molecule has 0 radical (unpaired) electrons. The van der Waals surface area contributed by atoms with Crippen molar-refractivity contribution >= 4 is 5.78 Å². The van der Waals surface area contributed by atoms with Gasteiger partial charge in [0.05, 0.1) is 0 Å². The highest BCUT2D eigenvalue weighted by Gasteiger charge is 2.23. The summed E-state index contributed by atoms with van der Waals surface area (Å²) in [6, 6.07) is 6.52. The molecule has 1 aromatic rings. The number of ketones is 1. The Morgan fingerprint density at radius 2 is 2.16 bits per heavy atom. The van der Waals surface area contributed by atoms with Crippen LogP contribution in [0.25, 0.3) is 0 Å². The van der Waals surface area contributed by atoms with E-state index in [-0.39, 0.29) is 11.6 Å². The van der Waals surface area contributed by atoms with E-state index in [0.29, 0.717) is 23.9 Å². The van der Waals surface area contributed by atoms with Gasteiger partial charge in [-0.1, -0.05) is 19.1 Å². The first-order valence-corrected chi connectivity index (χ1v) is 7.09. The lowest BCUT2D eigenvalue weighted by molar-refractivity contribution is 0.0899. The summed E-state index contributed by atoms with van der Waals surface area (Å²) in [7, 11) is 0. The maximum absolute atomic E-state index is 13.1. The predicted octanol–water partition coefficient (Wildman–Crippen LogP) is 3.52. The van der Waals surface area contributed by atoms with Crippen molar-refractivity contribution in [3.63, 3.8) is 0 Å². The van der Waals surface area contributed by atoms with Crippen LogP contribution in [-0.4, -0.2) is 29.8 Å². The largest absolute Gasteiger partial charge is 0.300 e. The number of hydrogen-bond acceptors (Lipinski definition) is 2. The van der Waals surface area contributed by atoms with Crippen molar-refractivity contribution in [2.75, 3.05) is 13.1 Å². The van der Waals surface area contributed by atoms with E-state index in [0.717, 1.165) is 13.1 Å². The van der Waals surface area contributed by atoms with E-state index in [9.17, 15) is 9.18 Å². The molecule has 2 unspecified atom stereocenters. The summed E-state index contributed by atoms with van der Waals surface area (Å²) >= 11 is 0. The molecule has 0 saturated carbocycles. The fourth-order valence-corrected chi connectivity index (χ4v) is 2.74. The molecule has 0 amide bonds. The fraction of sp³-hybridized carbons (Fsp3) is 0.562. The summed E-state index contributed by atoms with van der Waals surface area (Å²) in [5, 5.41) is 0. The Bertz CT molecular complexity index is 446. The minimum Gasteiger partial charge on any atom is -0.300 e. The topological polar surface area (TPSA) is 20.3 Å². The molecule has 1 heterocycles. The predicted molar refractivity (Wildman–Crippen MR) is 74.8 cm³/mol. The summed E-state index contributed by atoms with van der Waals surface area (Å²) in [4.78, 5) is 14.4. The molecule has 104 valence electrons. The van der Waals surface area contributed by atoms with E-state index >= 15 is 0 Å². The molecule has 2 nitrogen and oxygen atoms in total. The first-order chi connectivity index (χ1) is 9.06. The monoisotopic (exact) mass is 263 g/mol. The molecule has 3 heteroatoms. The summed E-state index contributed by atoms with van der Waals surface area (Å²) in [6.07, 6.45) is 2.95. The minimum absolute atomic E-state index is 0.0323. The van der Waals surface area contributed by atoms with Crippen molar-refractivity contribution in [1.82, 2.24) is 4.90 Å². The molecule has 1 saturated heterocycles. The second kappa shape index (κ2) is 6.29. The zero-order valence-corrected chi connectivity index (χ0v) is 11.7. The van der Waals surface area contributed by atoms with Crippen molar-refractivity contribution in [3.05, 3.63) is 35.6 Å². The first kappa shape index (κ1) is 14.2. The van der Waals surface area contributed by atoms with Crippen LogP contribution in [0.2, 0.25) is 0 Å². The van der Waals surface area contributed by atoms with Gasteiger partial charge in [-0.3, -0.25) is 9.69 Å². The lowest BCUT2D eigenvalue weighted by Crippen LogP contribution is -2.42. The first-order valence-electron chi connectivity index (χ1n) is 7.09. The molecular weight excluding hydrogens is 241 g/mol. The Morgan fingerprint density at radius 3 is 2.89 bits per heavy atom. The highest BCUT2D eigenvalue weighted by atomic mass is 19.1. The van der Waals surface area contributed by atoms with Gasteiger partial charge in [0.1, 0.15) is 5.82 Å². The zero-order valence-electron chi connectivity index (χ0n) is 11.7. The normalized spacial score (nSPS) is 24.4. The third-order valence-electron chi connectivity index (χ3n) is 4.02. The van der Waals surface area contributed by atoms with Crippen LogP contribution >= 0.6 is 0 Å². The number of Topliss-reactive ketones (excluding diaryl/α,β-unsaturated/α-hetero) is 1. The van der Waals surface area contributed by atoms with Crippen LogP contribution in [0.15, 0.2) is 24.3 Å². The molecule has 0 aliphatic carbocycles. The number of likely N-dealkylation sites (tertiary alicyclic amines) is 1. The summed E-state index contributed by atoms with van der Waals surface area (Å²) in [5.74, 6) is 0.399. The molecule has 2 rings (SSSR count). The Morgan fingerprint density at radius 1 is 1.37 bits per heavy atom. The quantitative estimate of drug-likeness (QED) is 0.775. The molecule has 1 aromatic carbocycles. The van der Waals surface area contributed by atoms with Crippen molar-refractivity contribution in [3.8, 4) is 0 Å². The fourth-order valence-electron chi connectivity index (χ4n) is 2.74. The number of nitrogens with zero attached hydrogens (tertiary/aromatic N) is 1. The Labute approximate surface area is 114 Å². The third kappa shape index (κ3) is 3.87. The van der Waals surface area contributed by atoms with Gasteiger partial charge in [0, 0.05) is 31.1 Å². The standard InChI is InChI=1S/C16H22FNO/c1-12-6-7-13(2)18(11-12)9-8-16(19)14-4-3-5-15(17)10-14/h3-5,10,12-13H,6-9,11H2,1-2H3. The average molecular weight is 263 g/mol. The van der Waals surface area contributed by atoms with Crippen molar-refractivity contribution in [2.45, 2.75) is 39.2 Å². The minimum atomic E-state index is -0.342. The second-order valence-electron chi connectivity index (χ2n) is 5.71. The van der Waals surface area contributed by atoms with Crippen LogP contribution < -0.4 is 0 Å². The molecule has 1 fully saturated rings. The smallest absolute Gasteiger partial charge is 0.164 e.